The first-order chi connectivity index (χ1) is 13.2. The maximum atomic E-state index is 13.2. The Bertz CT molecular complexity index is 1080. The van der Waals surface area contributed by atoms with Gasteiger partial charge in [-0.25, -0.2) is 22.2 Å². The zero-order valence-electron chi connectivity index (χ0n) is 14.1. The van der Waals surface area contributed by atoms with Gasteiger partial charge in [0.15, 0.2) is 11.6 Å². The normalized spacial score (nSPS) is 12.6. The topological polar surface area (TPSA) is 91.3 Å². The molecule has 0 amide bonds. The SMILES string of the molecule is O=S(=O)(Nc1ccc(F)c(F)c1)c1ccc(NCC(O)c2ccc(Cl)s2)nc1. The molecule has 0 saturated carbocycles. The van der Waals surface area contributed by atoms with Crippen LogP contribution < -0.4 is 10.0 Å². The Kier molecular flexibility index (Phi) is 6.14. The first-order valence-corrected chi connectivity index (χ1v) is 10.5. The number of aromatic nitrogens is 1. The van der Waals surface area contributed by atoms with Gasteiger partial charge in [-0.05, 0) is 36.4 Å². The summed E-state index contributed by atoms with van der Waals surface area (Å²) in [7, 11) is -4.02. The van der Waals surface area contributed by atoms with Gasteiger partial charge < -0.3 is 10.4 Å². The second kappa shape index (κ2) is 8.39. The number of aliphatic hydroxyl groups excluding tert-OH is 1. The first-order valence-electron chi connectivity index (χ1n) is 7.86. The van der Waals surface area contributed by atoms with Gasteiger partial charge in [-0.15, -0.1) is 11.3 Å². The molecule has 0 aliphatic carbocycles. The molecule has 0 bridgehead atoms. The zero-order chi connectivity index (χ0) is 20.3. The van der Waals surface area contributed by atoms with Gasteiger partial charge in [0.2, 0.25) is 0 Å². The first kappa shape index (κ1) is 20.5. The number of anilines is 2. The van der Waals surface area contributed by atoms with Crippen molar-refractivity contribution in [3.63, 3.8) is 0 Å². The van der Waals surface area contributed by atoms with Gasteiger partial charge in [-0.2, -0.15) is 0 Å². The molecule has 28 heavy (non-hydrogen) atoms. The smallest absolute Gasteiger partial charge is 0.263 e. The number of nitrogens with one attached hydrogen (secondary N) is 2. The van der Waals surface area contributed by atoms with Crippen LogP contribution in [-0.4, -0.2) is 25.1 Å². The van der Waals surface area contributed by atoms with Crippen LogP contribution in [-0.2, 0) is 10.0 Å². The minimum Gasteiger partial charge on any atom is -0.386 e. The fourth-order valence-electron chi connectivity index (χ4n) is 2.23. The van der Waals surface area contributed by atoms with Crippen LogP contribution in [0, 0.1) is 11.6 Å². The molecule has 11 heteroatoms. The predicted octanol–water partition coefficient (Wildman–Crippen LogP) is 4.02. The lowest BCUT2D eigenvalue weighted by Gasteiger charge is -2.12. The van der Waals surface area contributed by atoms with E-state index >= 15 is 0 Å². The maximum absolute atomic E-state index is 13.2. The van der Waals surface area contributed by atoms with Gasteiger partial charge in [0.05, 0.1) is 10.0 Å². The van der Waals surface area contributed by atoms with E-state index in [-0.39, 0.29) is 17.1 Å². The number of hydrogen-bond donors (Lipinski definition) is 3. The molecule has 6 nitrogen and oxygen atoms in total. The Morgan fingerprint density at radius 2 is 1.93 bits per heavy atom. The molecular weight excluding hydrogens is 432 g/mol. The molecule has 0 spiro atoms. The number of aliphatic hydroxyl groups is 1. The predicted molar refractivity (Wildman–Crippen MR) is 104 cm³/mol. The van der Waals surface area contributed by atoms with E-state index in [1.54, 1.807) is 12.1 Å². The van der Waals surface area contributed by atoms with Crippen molar-refractivity contribution in [2.75, 3.05) is 16.6 Å². The summed E-state index contributed by atoms with van der Waals surface area (Å²) in [6.45, 7) is 0.156. The van der Waals surface area contributed by atoms with E-state index in [9.17, 15) is 22.3 Å². The molecule has 3 aromatic rings. The molecule has 3 N–H and O–H groups in total. The van der Waals surface area contributed by atoms with Crippen LogP contribution in [0.25, 0.3) is 0 Å². The lowest BCUT2D eigenvalue weighted by atomic mass is 10.3. The van der Waals surface area contributed by atoms with Crippen LogP contribution in [0.3, 0.4) is 0 Å². The van der Waals surface area contributed by atoms with Crippen LogP contribution in [0.1, 0.15) is 11.0 Å². The highest BCUT2D eigenvalue weighted by Gasteiger charge is 2.16. The van der Waals surface area contributed by atoms with Crippen LogP contribution in [0.2, 0.25) is 4.34 Å². The van der Waals surface area contributed by atoms with Gasteiger partial charge in [-0.1, -0.05) is 11.6 Å². The highest BCUT2D eigenvalue weighted by molar-refractivity contribution is 7.92. The number of benzene rings is 1. The quantitative estimate of drug-likeness (QED) is 0.511. The Morgan fingerprint density at radius 1 is 1.14 bits per heavy atom. The third kappa shape index (κ3) is 4.96. The molecule has 0 saturated heterocycles. The van der Waals surface area contributed by atoms with Gasteiger partial charge in [-0.3, -0.25) is 4.72 Å². The summed E-state index contributed by atoms with van der Waals surface area (Å²) < 4.78 is 53.5. The molecule has 0 aliphatic heterocycles. The van der Waals surface area contributed by atoms with Crippen molar-refractivity contribution >= 4 is 44.5 Å². The molecule has 0 aliphatic rings. The fraction of sp³-hybridized carbons (Fsp3) is 0.118. The van der Waals surface area contributed by atoms with E-state index in [1.807, 2.05) is 0 Å². The van der Waals surface area contributed by atoms with Crippen LogP contribution in [0.5, 0.6) is 0 Å². The summed E-state index contributed by atoms with van der Waals surface area (Å²) in [5.74, 6) is -1.89. The Balaban J connectivity index is 1.64. The minimum absolute atomic E-state index is 0.112. The molecule has 2 heterocycles. The Labute approximate surface area is 168 Å². The standard InChI is InChI=1S/C17H14ClF2N3O3S2/c18-16-5-4-15(27-16)14(24)9-22-17-6-2-11(8-21-17)28(25,26)23-10-1-3-12(19)13(20)7-10/h1-8,14,23-24H,9H2,(H,21,22). The molecule has 0 radical (unpaired) electrons. The van der Waals surface area contributed by atoms with E-state index in [1.165, 1.54) is 23.5 Å². The van der Waals surface area contributed by atoms with Crippen LogP contribution in [0.15, 0.2) is 53.6 Å². The second-order valence-corrected chi connectivity index (χ2v) is 9.08. The van der Waals surface area contributed by atoms with Crippen LogP contribution in [0.4, 0.5) is 20.3 Å². The Morgan fingerprint density at radius 3 is 2.54 bits per heavy atom. The maximum Gasteiger partial charge on any atom is 0.263 e. The molecule has 148 valence electrons. The molecule has 2 aromatic heterocycles. The zero-order valence-corrected chi connectivity index (χ0v) is 16.5. The third-order valence-corrected chi connectivity index (χ3v) is 6.32. The van der Waals surface area contributed by atoms with Crippen molar-refractivity contribution in [2.24, 2.45) is 0 Å². The average Bonchev–Trinajstić information content (AvgIpc) is 3.09. The number of thiophene rings is 1. The van der Waals surface area contributed by atoms with Crippen molar-refractivity contribution in [1.29, 1.82) is 0 Å². The molecular formula is C17H14ClF2N3O3S2. The van der Waals surface area contributed by atoms with Crippen molar-refractivity contribution in [2.45, 2.75) is 11.0 Å². The van der Waals surface area contributed by atoms with Crippen molar-refractivity contribution in [3.05, 3.63) is 69.5 Å². The highest BCUT2D eigenvalue weighted by Crippen LogP contribution is 2.27. The average molecular weight is 446 g/mol. The van der Waals surface area contributed by atoms with Crippen molar-refractivity contribution in [1.82, 2.24) is 4.98 Å². The molecule has 0 fully saturated rings. The summed E-state index contributed by atoms with van der Waals surface area (Å²) in [4.78, 5) is 4.52. The fourth-order valence-corrected chi connectivity index (χ4v) is 4.27. The molecule has 1 atom stereocenters. The monoisotopic (exact) mass is 445 g/mol. The summed E-state index contributed by atoms with van der Waals surface area (Å²) in [6.07, 6.45) is 0.316. The number of rotatable bonds is 7. The molecule has 1 aromatic carbocycles. The van der Waals surface area contributed by atoms with E-state index in [4.69, 9.17) is 11.6 Å². The largest absolute Gasteiger partial charge is 0.386 e. The van der Waals surface area contributed by atoms with Gasteiger partial charge in [0.1, 0.15) is 16.8 Å². The van der Waals surface area contributed by atoms with Crippen molar-refractivity contribution < 1.29 is 22.3 Å². The number of pyridine rings is 1. The highest BCUT2D eigenvalue weighted by atomic mass is 35.5. The molecule has 1 unspecified atom stereocenters. The van der Waals surface area contributed by atoms with Gasteiger partial charge >= 0.3 is 0 Å². The summed E-state index contributed by atoms with van der Waals surface area (Å²) in [6, 6.07) is 8.80. The minimum atomic E-state index is -4.02. The number of sulfonamides is 1. The summed E-state index contributed by atoms with van der Waals surface area (Å²) in [5, 5.41) is 13.0. The lowest BCUT2D eigenvalue weighted by Crippen LogP contribution is -2.15. The van der Waals surface area contributed by atoms with E-state index in [0.717, 1.165) is 24.4 Å². The van der Waals surface area contributed by atoms with Crippen molar-refractivity contribution in [3.8, 4) is 0 Å². The summed E-state index contributed by atoms with van der Waals surface area (Å²) in [5.41, 5.74) is -0.112. The number of halogens is 3. The van der Waals surface area contributed by atoms with E-state index in [2.05, 4.69) is 15.0 Å². The Hall–Kier alpha value is -2.27. The number of hydrogen-bond acceptors (Lipinski definition) is 6. The third-order valence-electron chi connectivity index (χ3n) is 3.62. The van der Waals surface area contributed by atoms with E-state index < -0.39 is 27.8 Å². The summed E-state index contributed by atoms with van der Waals surface area (Å²) >= 11 is 7.09. The second-order valence-electron chi connectivity index (χ2n) is 5.65. The van der Waals surface area contributed by atoms with Gasteiger partial charge in [0.25, 0.3) is 10.0 Å². The van der Waals surface area contributed by atoms with E-state index in [0.29, 0.717) is 15.0 Å². The number of nitrogens with zero attached hydrogens (tertiary/aromatic N) is 1. The van der Waals surface area contributed by atoms with Gasteiger partial charge in [0, 0.05) is 23.7 Å². The van der Waals surface area contributed by atoms with Crippen LogP contribution >= 0.6 is 22.9 Å². The molecule has 3 rings (SSSR count). The lowest BCUT2D eigenvalue weighted by molar-refractivity contribution is 0.195.